The van der Waals surface area contributed by atoms with Gasteiger partial charge in [-0.2, -0.15) is 4.98 Å². The smallest absolute Gasteiger partial charge is 0.258 e. The Bertz CT molecular complexity index is 858. The van der Waals surface area contributed by atoms with Gasteiger partial charge in [-0.05, 0) is 36.4 Å². The largest absolute Gasteiger partial charge is 0.334 e. The predicted octanol–water partition coefficient (Wildman–Crippen LogP) is 1.45. The highest BCUT2D eigenvalue weighted by atomic mass is 32.2. The average molecular weight is 302 g/mol. The molecule has 0 fully saturated rings. The van der Waals surface area contributed by atoms with Gasteiger partial charge in [0.2, 0.25) is 15.8 Å². The minimum absolute atomic E-state index is 0.0238. The van der Waals surface area contributed by atoms with Crippen LogP contribution in [-0.4, -0.2) is 23.5 Å². The molecule has 0 amide bonds. The fourth-order valence-corrected chi connectivity index (χ4v) is 2.24. The summed E-state index contributed by atoms with van der Waals surface area (Å²) in [5.41, 5.74) is 1.19. The first-order valence-corrected chi connectivity index (χ1v) is 7.47. The van der Waals surface area contributed by atoms with Gasteiger partial charge in [0, 0.05) is 11.8 Å². The summed E-state index contributed by atoms with van der Waals surface area (Å²) in [5.74, 6) is 0.637. The lowest BCUT2D eigenvalue weighted by Crippen LogP contribution is -2.11. The minimum Gasteiger partial charge on any atom is -0.334 e. The molecule has 0 radical (unpaired) electrons. The molecule has 0 aliphatic heterocycles. The molecule has 21 heavy (non-hydrogen) atoms. The number of primary sulfonamides is 1. The minimum atomic E-state index is -3.72. The van der Waals surface area contributed by atoms with Crippen LogP contribution >= 0.6 is 0 Å². The fourth-order valence-electron chi connectivity index (χ4n) is 1.73. The van der Waals surface area contributed by atoms with Crippen LogP contribution in [0.5, 0.6) is 0 Å². The SMILES string of the molecule is NS(=O)(=O)c1ccc(-c2nc(-c3ccccn3)no2)cc1. The Balaban J connectivity index is 1.94. The Hall–Kier alpha value is -2.58. The number of nitrogens with zero attached hydrogens (tertiary/aromatic N) is 3. The van der Waals surface area contributed by atoms with Crippen LogP contribution in [0.4, 0.5) is 0 Å². The Kier molecular flexibility index (Phi) is 3.24. The zero-order chi connectivity index (χ0) is 14.9. The number of benzene rings is 1. The van der Waals surface area contributed by atoms with E-state index in [4.69, 9.17) is 9.66 Å². The normalized spacial score (nSPS) is 11.5. The standard InChI is InChI=1S/C13H10N4O3S/c14-21(18,19)10-6-4-9(5-7-10)13-16-12(17-20-13)11-3-1-2-8-15-11/h1-8H,(H2,14,18,19). The first-order chi connectivity index (χ1) is 10.0. The van der Waals surface area contributed by atoms with Crippen molar-refractivity contribution in [3.63, 3.8) is 0 Å². The van der Waals surface area contributed by atoms with E-state index >= 15 is 0 Å². The lowest BCUT2D eigenvalue weighted by atomic mass is 10.2. The van der Waals surface area contributed by atoms with E-state index in [-0.39, 0.29) is 10.8 Å². The van der Waals surface area contributed by atoms with Crippen molar-refractivity contribution in [1.29, 1.82) is 0 Å². The van der Waals surface area contributed by atoms with Crippen molar-refractivity contribution in [2.24, 2.45) is 5.14 Å². The van der Waals surface area contributed by atoms with Crippen LogP contribution in [-0.2, 0) is 10.0 Å². The van der Waals surface area contributed by atoms with Gasteiger partial charge in [-0.3, -0.25) is 4.98 Å². The Morgan fingerprint density at radius 1 is 1.05 bits per heavy atom. The van der Waals surface area contributed by atoms with Crippen LogP contribution in [0.1, 0.15) is 0 Å². The number of hydrogen-bond donors (Lipinski definition) is 1. The molecule has 3 rings (SSSR count). The first-order valence-electron chi connectivity index (χ1n) is 5.92. The van der Waals surface area contributed by atoms with Crippen molar-refractivity contribution in [3.8, 4) is 23.0 Å². The molecular formula is C13H10N4O3S. The first kappa shape index (κ1) is 13.4. The molecule has 0 saturated carbocycles. The third-order valence-corrected chi connectivity index (χ3v) is 3.68. The number of sulfonamides is 1. The molecule has 0 atom stereocenters. The second kappa shape index (κ2) is 5.08. The monoisotopic (exact) mass is 302 g/mol. The molecule has 0 bridgehead atoms. The van der Waals surface area contributed by atoms with Crippen molar-refractivity contribution < 1.29 is 12.9 Å². The van der Waals surface area contributed by atoms with Crippen molar-refractivity contribution in [1.82, 2.24) is 15.1 Å². The molecule has 0 saturated heterocycles. The van der Waals surface area contributed by atoms with Gasteiger partial charge in [0.1, 0.15) is 5.69 Å². The maximum atomic E-state index is 11.2. The molecule has 2 aromatic heterocycles. The van der Waals surface area contributed by atoms with E-state index in [1.54, 1.807) is 30.5 Å². The van der Waals surface area contributed by atoms with Crippen LogP contribution in [0.2, 0.25) is 0 Å². The maximum Gasteiger partial charge on any atom is 0.258 e. The summed E-state index contributed by atoms with van der Waals surface area (Å²) in [6, 6.07) is 11.2. The maximum absolute atomic E-state index is 11.2. The summed E-state index contributed by atoms with van der Waals surface area (Å²) < 4.78 is 27.5. The molecule has 0 unspecified atom stereocenters. The van der Waals surface area contributed by atoms with Gasteiger partial charge in [0.25, 0.3) is 5.89 Å². The number of rotatable bonds is 3. The van der Waals surface area contributed by atoms with Crippen LogP contribution in [0, 0.1) is 0 Å². The van der Waals surface area contributed by atoms with Crippen molar-refractivity contribution >= 4 is 10.0 Å². The second-order valence-electron chi connectivity index (χ2n) is 4.21. The molecule has 0 aliphatic carbocycles. The summed E-state index contributed by atoms with van der Waals surface area (Å²) in [6.45, 7) is 0. The Morgan fingerprint density at radius 3 is 2.43 bits per heavy atom. The highest BCUT2D eigenvalue weighted by Gasteiger charge is 2.13. The summed E-state index contributed by atoms with van der Waals surface area (Å²) in [5, 5.41) is 8.88. The molecule has 2 N–H and O–H groups in total. The van der Waals surface area contributed by atoms with Gasteiger partial charge in [0.15, 0.2) is 0 Å². The molecule has 0 spiro atoms. The number of pyridine rings is 1. The molecule has 8 heteroatoms. The Morgan fingerprint density at radius 2 is 1.81 bits per heavy atom. The average Bonchev–Trinajstić information content (AvgIpc) is 2.97. The highest BCUT2D eigenvalue weighted by molar-refractivity contribution is 7.89. The number of nitrogens with two attached hydrogens (primary N) is 1. The molecule has 1 aromatic carbocycles. The van der Waals surface area contributed by atoms with Crippen LogP contribution < -0.4 is 5.14 Å². The summed E-state index contributed by atoms with van der Waals surface area (Å²) in [4.78, 5) is 8.37. The summed E-state index contributed by atoms with van der Waals surface area (Å²) >= 11 is 0. The number of hydrogen-bond acceptors (Lipinski definition) is 6. The van der Waals surface area contributed by atoms with Gasteiger partial charge < -0.3 is 4.52 Å². The van der Waals surface area contributed by atoms with Crippen LogP contribution in [0.15, 0.2) is 58.1 Å². The van der Waals surface area contributed by atoms with E-state index in [1.165, 1.54) is 12.1 Å². The number of aromatic nitrogens is 3. The van der Waals surface area contributed by atoms with Gasteiger partial charge in [0.05, 0.1) is 4.90 Å². The van der Waals surface area contributed by atoms with E-state index < -0.39 is 10.0 Å². The van der Waals surface area contributed by atoms with E-state index in [2.05, 4.69) is 15.1 Å². The van der Waals surface area contributed by atoms with E-state index in [0.717, 1.165) is 0 Å². The van der Waals surface area contributed by atoms with Crippen LogP contribution in [0.25, 0.3) is 23.0 Å². The highest BCUT2D eigenvalue weighted by Crippen LogP contribution is 2.22. The molecule has 2 heterocycles. The van der Waals surface area contributed by atoms with Gasteiger partial charge in [-0.25, -0.2) is 13.6 Å². The topological polar surface area (TPSA) is 112 Å². The third kappa shape index (κ3) is 2.81. The van der Waals surface area contributed by atoms with Gasteiger partial charge in [-0.1, -0.05) is 11.2 Å². The summed E-state index contributed by atoms with van der Waals surface area (Å²) in [7, 11) is -3.72. The third-order valence-electron chi connectivity index (χ3n) is 2.75. The van der Waals surface area contributed by atoms with Crippen molar-refractivity contribution in [2.45, 2.75) is 4.90 Å². The Labute approximate surface area is 120 Å². The zero-order valence-corrected chi connectivity index (χ0v) is 11.5. The van der Waals surface area contributed by atoms with E-state index in [1.807, 2.05) is 6.07 Å². The van der Waals surface area contributed by atoms with Crippen molar-refractivity contribution in [3.05, 3.63) is 48.7 Å². The second-order valence-corrected chi connectivity index (χ2v) is 5.77. The van der Waals surface area contributed by atoms with Gasteiger partial charge in [-0.15, -0.1) is 0 Å². The quantitative estimate of drug-likeness (QED) is 0.783. The van der Waals surface area contributed by atoms with Gasteiger partial charge >= 0.3 is 0 Å². The van der Waals surface area contributed by atoms with E-state index in [0.29, 0.717) is 17.1 Å². The van der Waals surface area contributed by atoms with Crippen molar-refractivity contribution in [2.75, 3.05) is 0 Å². The molecule has 0 aliphatic rings. The molecular weight excluding hydrogens is 292 g/mol. The fraction of sp³-hybridized carbons (Fsp3) is 0. The predicted molar refractivity (Wildman–Crippen MR) is 74.3 cm³/mol. The molecule has 106 valence electrons. The molecule has 7 nitrogen and oxygen atoms in total. The lowest BCUT2D eigenvalue weighted by Gasteiger charge is -1.98. The zero-order valence-electron chi connectivity index (χ0n) is 10.7. The summed E-state index contributed by atoms with van der Waals surface area (Å²) in [6.07, 6.45) is 1.63. The molecule has 3 aromatic rings. The lowest BCUT2D eigenvalue weighted by molar-refractivity contribution is 0.432. The van der Waals surface area contributed by atoms with E-state index in [9.17, 15) is 8.42 Å². The van der Waals surface area contributed by atoms with Crippen LogP contribution in [0.3, 0.4) is 0 Å².